The second-order valence-corrected chi connectivity index (χ2v) is 14.5. The highest BCUT2D eigenvalue weighted by atomic mass is 35.5. The van der Waals surface area contributed by atoms with Gasteiger partial charge in [-0.2, -0.15) is 18.2 Å². The molecule has 0 saturated carbocycles. The van der Waals surface area contributed by atoms with Crippen LogP contribution in [0.25, 0.3) is 21.3 Å². The number of carbonyl (C=O) groups excluding carboxylic acids is 1. The molecule has 0 N–H and O–H groups in total. The second kappa shape index (κ2) is 12.8. The zero-order valence-electron chi connectivity index (χ0n) is 23.6. The number of thiazole rings is 1. The Labute approximate surface area is 255 Å². The molecule has 0 amide bonds. The molecular weight excluding hydrogens is 642 g/mol. The van der Waals surface area contributed by atoms with Gasteiger partial charge in [0.05, 0.1) is 49.2 Å². The summed E-state index contributed by atoms with van der Waals surface area (Å²) in [5.41, 5.74) is -0.741. The largest absolute Gasteiger partial charge is 0.461 e. The van der Waals surface area contributed by atoms with Crippen LogP contribution in [-0.4, -0.2) is 60.3 Å². The third-order valence-electron chi connectivity index (χ3n) is 6.45. The Hall–Kier alpha value is -2.26. The lowest BCUT2D eigenvalue weighted by atomic mass is 10.00. The number of aromatic nitrogens is 3. The SMILES string of the molecule is CC[C@H](CS(=O)(=O)c1ccc(-c2sc(-c3noc(CC(C)(C)OC=O)n3)nc2CC(C)(C)OC)c(Cl)c1Cl)C(F)(F)F. The smallest absolute Gasteiger partial charge is 0.392 e. The van der Waals surface area contributed by atoms with Crippen LogP contribution in [0.1, 0.15) is 52.6 Å². The van der Waals surface area contributed by atoms with E-state index in [1.807, 2.05) is 13.8 Å². The monoisotopic (exact) mass is 671 g/mol. The molecule has 1 aromatic carbocycles. The van der Waals surface area contributed by atoms with Crippen LogP contribution in [0.4, 0.5) is 13.2 Å². The summed E-state index contributed by atoms with van der Waals surface area (Å²) in [5.74, 6) is -2.86. The highest BCUT2D eigenvalue weighted by Gasteiger charge is 2.42. The predicted octanol–water partition coefficient (Wildman–Crippen LogP) is 6.99. The molecule has 2 heterocycles. The van der Waals surface area contributed by atoms with Gasteiger partial charge in [0.15, 0.2) is 14.8 Å². The summed E-state index contributed by atoms with van der Waals surface area (Å²) in [4.78, 5) is 19.8. The first-order valence-corrected chi connectivity index (χ1v) is 15.8. The first kappa shape index (κ1) is 34.2. The fourth-order valence-electron chi connectivity index (χ4n) is 3.95. The molecule has 0 radical (unpaired) electrons. The van der Waals surface area contributed by atoms with Gasteiger partial charge < -0.3 is 14.0 Å². The predicted molar refractivity (Wildman–Crippen MR) is 152 cm³/mol. The Morgan fingerprint density at radius 1 is 1.07 bits per heavy atom. The van der Waals surface area contributed by atoms with Gasteiger partial charge >= 0.3 is 6.18 Å². The lowest BCUT2D eigenvalue weighted by Crippen LogP contribution is -2.29. The third-order valence-corrected chi connectivity index (χ3v) is 10.4. The van der Waals surface area contributed by atoms with Gasteiger partial charge in [-0.15, -0.1) is 11.3 Å². The van der Waals surface area contributed by atoms with Gasteiger partial charge in [-0.3, -0.25) is 4.79 Å². The molecule has 16 heteroatoms. The number of methoxy groups -OCH3 is 1. The molecule has 0 spiro atoms. The average Bonchev–Trinajstić information content (AvgIpc) is 3.49. The summed E-state index contributed by atoms with van der Waals surface area (Å²) in [7, 11) is -2.90. The highest BCUT2D eigenvalue weighted by Crippen LogP contribution is 2.44. The minimum absolute atomic E-state index is 0.144. The number of sulfone groups is 1. The zero-order chi connectivity index (χ0) is 31.7. The van der Waals surface area contributed by atoms with Gasteiger partial charge in [0, 0.05) is 19.1 Å². The van der Waals surface area contributed by atoms with Crippen molar-refractivity contribution in [3.8, 4) is 21.3 Å². The maximum absolute atomic E-state index is 13.3. The van der Waals surface area contributed by atoms with E-state index < -0.39 is 55.2 Å². The molecule has 2 aromatic heterocycles. The van der Waals surface area contributed by atoms with E-state index in [4.69, 9.17) is 37.2 Å². The van der Waals surface area contributed by atoms with Crippen molar-refractivity contribution in [1.29, 1.82) is 0 Å². The summed E-state index contributed by atoms with van der Waals surface area (Å²) in [5, 5.41) is 3.78. The minimum Gasteiger partial charge on any atom is -0.461 e. The molecule has 0 bridgehead atoms. The first-order chi connectivity index (χ1) is 19.3. The van der Waals surface area contributed by atoms with Crippen molar-refractivity contribution in [3.05, 3.63) is 33.8 Å². The fraction of sp³-hybridized carbons (Fsp3) is 0.538. The van der Waals surface area contributed by atoms with E-state index in [-0.39, 0.29) is 29.6 Å². The van der Waals surface area contributed by atoms with E-state index in [1.54, 1.807) is 13.8 Å². The van der Waals surface area contributed by atoms with E-state index in [1.165, 1.54) is 20.1 Å². The fourth-order valence-corrected chi connectivity index (χ4v) is 7.66. The molecule has 3 rings (SSSR count). The maximum atomic E-state index is 13.3. The molecule has 9 nitrogen and oxygen atoms in total. The van der Waals surface area contributed by atoms with E-state index >= 15 is 0 Å². The molecule has 0 saturated heterocycles. The summed E-state index contributed by atoms with van der Waals surface area (Å²) >= 11 is 14.1. The van der Waals surface area contributed by atoms with Crippen molar-refractivity contribution in [1.82, 2.24) is 15.1 Å². The molecule has 0 aliphatic heterocycles. The van der Waals surface area contributed by atoms with Gasteiger partial charge in [-0.25, -0.2) is 13.4 Å². The molecule has 0 aliphatic rings. The number of benzene rings is 1. The number of nitrogens with zero attached hydrogens (tertiary/aromatic N) is 3. The first-order valence-electron chi connectivity index (χ1n) is 12.6. The van der Waals surface area contributed by atoms with Gasteiger partial charge in [0.25, 0.3) is 6.47 Å². The Kier molecular flexibility index (Phi) is 10.4. The number of rotatable bonds is 13. The van der Waals surface area contributed by atoms with Crippen LogP contribution in [0.2, 0.25) is 10.0 Å². The molecule has 1 atom stereocenters. The van der Waals surface area contributed by atoms with E-state index in [0.717, 1.165) is 17.4 Å². The Balaban J connectivity index is 2.08. The molecule has 3 aromatic rings. The minimum atomic E-state index is -4.69. The molecule has 0 fully saturated rings. The average molecular weight is 673 g/mol. The number of hydrogen-bond donors (Lipinski definition) is 0. The molecule has 0 unspecified atom stereocenters. The number of halogens is 5. The van der Waals surface area contributed by atoms with Crippen LogP contribution >= 0.6 is 34.5 Å². The van der Waals surface area contributed by atoms with E-state index in [9.17, 15) is 26.4 Å². The number of hydrogen-bond acceptors (Lipinski definition) is 10. The quantitative estimate of drug-likeness (QED) is 0.177. The Morgan fingerprint density at radius 2 is 1.74 bits per heavy atom. The van der Waals surface area contributed by atoms with E-state index in [0.29, 0.717) is 27.6 Å². The van der Waals surface area contributed by atoms with Crippen molar-refractivity contribution < 1.29 is 40.4 Å². The molecule has 0 aliphatic carbocycles. The van der Waals surface area contributed by atoms with Crippen LogP contribution < -0.4 is 0 Å². The number of ether oxygens (including phenoxy) is 2. The second-order valence-electron chi connectivity index (χ2n) is 10.8. The van der Waals surface area contributed by atoms with Crippen molar-refractivity contribution in [2.75, 3.05) is 12.9 Å². The van der Waals surface area contributed by atoms with Crippen molar-refractivity contribution >= 4 is 50.8 Å². The van der Waals surface area contributed by atoms with Gasteiger partial charge in [0.2, 0.25) is 11.7 Å². The van der Waals surface area contributed by atoms with Crippen LogP contribution in [0.5, 0.6) is 0 Å². The summed E-state index contributed by atoms with van der Waals surface area (Å²) < 4.78 is 81.8. The lowest BCUT2D eigenvalue weighted by Gasteiger charge is -2.22. The van der Waals surface area contributed by atoms with Crippen LogP contribution in [0.3, 0.4) is 0 Å². The summed E-state index contributed by atoms with van der Waals surface area (Å²) in [6.45, 7) is 8.64. The topological polar surface area (TPSA) is 121 Å². The van der Waals surface area contributed by atoms with Crippen molar-refractivity contribution in [2.24, 2.45) is 5.92 Å². The molecule has 42 heavy (non-hydrogen) atoms. The third kappa shape index (κ3) is 8.01. The van der Waals surface area contributed by atoms with Gasteiger partial charge in [-0.1, -0.05) is 41.3 Å². The Morgan fingerprint density at radius 3 is 2.31 bits per heavy atom. The van der Waals surface area contributed by atoms with E-state index in [2.05, 4.69) is 15.1 Å². The van der Waals surface area contributed by atoms with Crippen LogP contribution in [-0.2, 0) is 36.9 Å². The van der Waals surface area contributed by atoms with Gasteiger partial charge in [-0.05, 0) is 40.2 Å². The number of alkyl halides is 3. The van der Waals surface area contributed by atoms with Crippen LogP contribution in [0, 0.1) is 5.92 Å². The molecule has 232 valence electrons. The van der Waals surface area contributed by atoms with Gasteiger partial charge in [0.1, 0.15) is 5.60 Å². The maximum Gasteiger partial charge on any atom is 0.392 e. The lowest BCUT2D eigenvalue weighted by molar-refractivity contribution is -0.168. The highest BCUT2D eigenvalue weighted by molar-refractivity contribution is 7.91. The molecular formula is C26H30Cl2F3N3O6S2. The Bertz CT molecular complexity index is 1540. The normalized spacial score (nSPS) is 13.8. The number of carbonyl (C=O) groups is 1. The van der Waals surface area contributed by atoms with Crippen molar-refractivity contribution in [3.63, 3.8) is 0 Å². The van der Waals surface area contributed by atoms with Crippen molar-refractivity contribution in [2.45, 2.75) is 76.2 Å². The van der Waals surface area contributed by atoms with Crippen LogP contribution in [0.15, 0.2) is 21.6 Å². The summed E-state index contributed by atoms with van der Waals surface area (Å²) in [6.07, 6.45) is -4.66. The summed E-state index contributed by atoms with van der Waals surface area (Å²) in [6, 6.07) is 2.53. The standard InChI is InChI=1S/C26H30Cl2F3N3O6S2/c1-7-14(26(29,30)31)12-42(36,37)17-9-8-15(19(27)20(17)28)21-16(10-24(2,3)38-6)32-23(41-21)22-33-18(40-34-22)11-25(4,5)39-13-35/h8-9,13-14H,7,10-12H2,1-6H3/t14-/m1/s1. The zero-order valence-corrected chi connectivity index (χ0v) is 26.8.